The van der Waals surface area contributed by atoms with Crippen LogP contribution in [0.25, 0.3) is 0 Å². The second kappa shape index (κ2) is 4.85. The number of aliphatic hydroxyl groups excluding tert-OH is 1. The van der Waals surface area contributed by atoms with Crippen LogP contribution in [0.5, 0.6) is 0 Å². The maximum atomic E-state index is 9.35. The molecule has 0 heterocycles. The van der Waals surface area contributed by atoms with E-state index in [9.17, 15) is 5.11 Å². The van der Waals surface area contributed by atoms with Crippen molar-refractivity contribution in [1.29, 1.82) is 0 Å². The van der Waals surface area contributed by atoms with Gasteiger partial charge in [-0.05, 0) is 13.8 Å². The van der Waals surface area contributed by atoms with E-state index in [2.05, 4.69) is 11.9 Å². The zero-order chi connectivity index (χ0) is 10.7. The largest absolute Gasteiger partial charge is 0.387 e. The number of rotatable bonds is 4. The van der Waals surface area contributed by atoms with Crippen molar-refractivity contribution in [2.75, 3.05) is 6.54 Å². The van der Waals surface area contributed by atoms with Crippen LogP contribution in [0.2, 0.25) is 0 Å². The molecule has 13 heavy (non-hydrogen) atoms. The van der Waals surface area contributed by atoms with Crippen LogP contribution in [-0.4, -0.2) is 27.1 Å². The Kier molecular flexibility index (Phi) is 5.05. The zero-order valence-electron chi connectivity index (χ0n) is 7.65. The van der Waals surface area contributed by atoms with Crippen molar-refractivity contribution in [2.24, 2.45) is 0 Å². The molecule has 0 amide bonds. The Bertz CT molecular complexity index is 177. The Balaban J connectivity index is 3.97. The molecule has 0 aromatic rings. The van der Waals surface area contributed by atoms with Crippen molar-refractivity contribution in [2.45, 2.75) is 29.3 Å². The lowest BCUT2D eigenvalue weighted by Gasteiger charge is -2.26. The van der Waals surface area contributed by atoms with Crippen LogP contribution in [0.15, 0.2) is 12.7 Å². The summed E-state index contributed by atoms with van der Waals surface area (Å²) >= 11 is 16.4. The molecule has 0 aromatic heterocycles. The molecule has 1 unspecified atom stereocenters. The van der Waals surface area contributed by atoms with Crippen LogP contribution in [0, 0.1) is 0 Å². The van der Waals surface area contributed by atoms with Gasteiger partial charge < -0.3 is 10.4 Å². The summed E-state index contributed by atoms with van der Waals surface area (Å²) < 4.78 is -1.65. The van der Waals surface area contributed by atoms with Crippen LogP contribution in [0.3, 0.4) is 0 Å². The third-order valence-electron chi connectivity index (χ3n) is 1.64. The van der Waals surface area contributed by atoms with Gasteiger partial charge in [-0.1, -0.05) is 40.9 Å². The average Bonchev–Trinajstić information content (AvgIpc) is 1.98. The van der Waals surface area contributed by atoms with Gasteiger partial charge in [-0.15, -0.1) is 6.58 Å². The van der Waals surface area contributed by atoms with Crippen LogP contribution in [0.4, 0.5) is 0 Å². The average molecular weight is 247 g/mol. The lowest BCUT2D eigenvalue weighted by atomic mass is 10.1. The summed E-state index contributed by atoms with van der Waals surface area (Å²) in [6.45, 7) is 7.65. The van der Waals surface area contributed by atoms with Gasteiger partial charge in [-0.3, -0.25) is 0 Å². The lowest BCUT2D eigenvalue weighted by Crippen LogP contribution is -2.45. The maximum absolute atomic E-state index is 9.35. The van der Waals surface area contributed by atoms with Crippen molar-refractivity contribution < 1.29 is 5.11 Å². The first-order valence-electron chi connectivity index (χ1n) is 3.82. The number of hydrogen-bond donors (Lipinski definition) is 2. The Morgan fingerprint density at radius 2 is 1.92 bits per heavy atom. The van der Waals surface area contributed by atoms with Crippen LogP contribution in [0.1, 0.15) is 13.8 Å². The fourth-order valence-electron chi connectivity index (χ4n) is 0.548. The molecule has 5 heteroatoms. The molecule has 78 valence electrons. The van der Waals surface area contributed by atoms with Gasteiger partial charge in [0, 0.05) is 12.1 Å². The van der Waals surface area contributed by atoms with Gasteiger partial charge in [0.2, 0.25) is 3.79 Å². The highest BCUT2D eigenvalue weighted by atomic mass is 35.6. The summed E-state index contributed by atoms with van der Waals surface area (Å²) in [5.74, 6) is 0. The molecule has 0 radical (unpaired) electrons. The second-order valence-corrected chi connectivity index (χ2v) is 5.73. The third kappa shape index (κ3) is 5.76. The van der Waals surface area contributed by atoms with Gasteiger partial charge in [-0.2, -0.15) is 0 Å². The number of hydrogen-bond acceptors (Lipinski definition) is 2. The molecule has 2 N–H and O–H groups in total. The Morgan fingerprint density at radius 1 is 1.46 bits per heavy atom. The van der Waals surface area contributed by atoms with Gasteiger partial charge >= 0.3 is 0 Å². The van der Waals surface area contributed by atoms with E-state index in [1.54, 1.807) is 6.08 Å². The van der Waals surface area contributed by atoms with E-state index < -0.39 is 9.90 Å². The smallest absolute Gasteiger partial charge is 0.217 e. The predicted octanol–water partition coefficient (Wildman–Crippen LogP) is 2.27. The first-order chi connectivity index (χ1) is 5.69. The van der Waals surface area contributed by atoms with E-state index in [0.717, 1.165) is 0 Å². The predicted molar refractivity (Wildman–Crippen MR) is 58.6 cm³/mol. The Labute approximate surface area is 93.9 Å². The van der Waals surface area contributed by atoms with Crippen molar-refractivity contribution >= 4 is 34.8 Å². The van der Waals surface area contributed by atoms with E-state index in [1.165, 1.54) is 0 Å². The molecule has 0 aromatic carbocycles. The minimum atomic E-state index is -1.65. The summed E-state index contributed by atoms with van der Waals surface area (Å²) in [5, 5.41) is 12.3. The van der Waals surface area contributed by atoms with Gasteiger partial charge in [0.25, 0.3) is 0 Å². The molecule has 1 atom stereocenters. The van der Waals surface area contributed by atoms with Crippen molar-refractivity contribution in [3.8, 4) is 0 Å². The second-order valence-electron chi connectivity index (χ2n) is 3.36. The quantitative estimate of drug-likeness (QED) is 0.589. The molecule has 0 bridgehead atoms. The first kappa shape index (κ1) is 13.5. The number of aliphatic hydroxyl groups is 1. The van der Waals surface area contributed by atoms with Crippen molar-refractivity contribution in [1.82, 2.24) is 5.32 Å². The van der Waals surface area contributed by atoms with Crippen LogP contribution < -0.4 is 5.32 Å². The molecular formula is C8H14Cl3NO. The third-order valence-corrected chi connectivity index (χ3v) is 2.39. The number of β-amino-alcohol motifs (C(OH)–C–C–N with tert-alkyl or cyclic N) is 1. The standard InChI is InChI=1S/C8H14Cl3NO/c1-4-7(2,3)12-5-6(13)8(9,10)11/h4,6,12-13H,1,5H2,2-3H3. The molecular weight excluding hydrogens is 232 g/mol. The van der Waals surface area contributed by atoms with Crippen LogP contribution >= 0.6 is 34.8 Å². The fourth-order valence-corrected chi connectivity index (χ4v) is 0.779. The lowest BCUT2D eigenvalue weighted by molar-refractivity contribution is 0.167. The fraction of sp³-hybridized carbons (Fsp3) is 0.750. The van der Waals surface area contributed by atoms with E-state index in [-0.39, 0.29) is 12.1 Å². The molecule has 0 aliphatic rings. The molecule has 0 rings (SSSR count). The topological polar surface area (TPSA) is 32.3 Å². The molecule has 0 saturated heterocycles. The summed E-state index contributed by atoms with van der Waals surface area (Å²) in [7, 11) is 0. The summed E-state index contributed by atoms with van der Waals surface area (Å²) in [4.78, 5) is 0. The van der Waals surface area contributed by atoms with E-state index >= 15 is 0 Å². The zero-order valence-corrected chi connectivity index (χ0v) is 9.92. The van der Waals surface area contributed by atoms with E-state index in [0.29, 0.717) is 0 Å². The van der Waals surface area contributed by atoms with Gasteiger partial charge in [0.15, 0.2) is 0 Å². The molecule has 0 aliphatic carbocycles. The minimum Gasteiger partial charge on any atom is -0.387 e. The Hall–Kier alpha value is 0.530. The monoisotopic (exact) mass is 245 g/mol. The number of alkyl halides is 3. The van der Waals surface area contributed by atoms with Crippen molar-refractivity contribution in [3.05, 3.63) is 12.7 Å². The van der Waals surface area contributed by atoms with Crippen LogP contribution in [-0.2, 0) is 0 Å². The maximum Gasteiger partial charge on any atom is 0.217 e. The molecule has 0 spiro atoms. The minimum absolute atomic E-state index is 0.204. The summed E-state index contributed by atoms with van der Waals surface area (Å²) in [6.07, 6.45) is 0.690. The highest BCUT2D eigenvalue weighted by molar-refractivity contribution is 6.68. The normalized spacial score (nSPS) is 15.5. The summed E-state index contributed by atoms with van der Waals surface area (Å²) in [5.41, 5.74) is -0.281. The summed E-state index contributed by atoms with van der Waals surface area (Å²) in [6, 6.07) is 0. The Morgan fingerprint density at radius 3 is 2.23 bits per heavy atom. The number of halogens is 3. The highest BCUT2D eigenvalue weighted by Gasteiger charge is 2.31. The molecule has 0 aliphatic heterocycles. The first-order valence-corrected chi connectivity index (χ1v) is 4.96. The SMILES string of the molecule is C=CC(C)(C)NCC(O)C(Cl)(Cl)Cl. The van der Waals surface area contributed by atoms with E-state index in [1.807, 2.05) is 13.8 Å². The van der Waals surface area contributed by atoms with Gasteiger partial charge in [0.1, 0.15) is 6.10 Å². The molecule has 2 nitrogen and oxygen atoms in total. The molecule has 0 saturated carbocycles. The van der Waals surface area contributed by atoms with Gasteiger partial charge in [0.05, 0.1) is 0 Å². The van der Waals surface area contributed by atoms with E-state index in [4.69, 9.17) is 34.8 Å². The molecule has 0 fully saturated rings. The highest BCUT2D eigenvalue weighted by Crippen LogP contribution is 2.30. The van der Waals surface area contributed by atoms with Crippen molar-refractivity contribution in [3.63, 3.8) is 0 Å². The number of nitrogens with one attached hydrogen (secondary N) is 1. The van der Waals surface area contributed by atoms with Gasteiger partial charge in [-0.25, -0.2) is 0 Å².